The Hall–Kier alpha value is -1.59. The first kappa shape index (κ1) is 36.4. The topological polar surface area (TPSA) is 102 Å². The van der Waals surface area contributed by atoms with Crippen LogP contribution >= 0.6 is 0 Å². The van der Waals surface area contributed by atoms with Gasteiger partial charge >= 0.3 is 0 Å². The zero-order valence-electron chi connectivity index (χ0n) is 26.3. The fourth-order valence-corrected chi connectivity index (χ4v) is 5.90. The van der Waals surface area contributed by atoms with Crippen molar-refractivity contribution in [2.45, 2.75) is 180 Å². The van der Waals surface area contributed by atoms with E-state index in [1.807, 2.05) is 0 Å². The molecule has 1 aliphatic heterocycles. The van der Waals surface area contributed by atoms with Gasteiger partial charge in [0.05, 0.1) is 12.4 Å². The quantitative estimate of drug-likeness (QED) is 0.0827. The van der Waals surface area contributed by atoms with E-state index in [0.29, 0.717) is 12.8 Å². The molecule has 0 aromatic carbocycles. The van der Waals surface area contributed by atoms with Crippen LogP contribution in [-0.2, 0) is 9.59 Å². The number of carbonyl (C=O) groups is 2. The maximum atomic E-state index is 10.7. The Morgan fingerprint density at radius 3 is 1.20 bits per heavy atom. The number of amidine groups is 1. The molecule has 0 aromatic rings. The van der Waals surface area contributed by atoms with E-state index in [-0.39, 0.29) is 11.8 Å². The molecule has 234 valence electrons. The Kier molecular flexibility index (Phi) is 25.1. The molecule has 1 aliphatic rings. The maximum Gasteiger partial charge on any atom is 0.217 e. The number of aliphatic imine (C=N–C) groups is 1. The molecular weight excluding hydrogens is 496 g/mol. The molecule has 2 amide bonds. The fraction of sp³-hybridized carbons (Fsp3) is 0.912. The minimum atomic E-state index is -0.160. The summed E-state index contributed by atoms with van der Waals surface area (Å²) < 4.78 is 0. The monoisotopic (exact) mass is 563 g/mol. The Balaban J connectivity index is 1.81. The second-order valence-electron chi connectivity index (χ2n) is 12.3. The number of hydrogen-bond donors (Lipinski definition) is 2. The number of hydrogen-bond acceptors (Lipinski definition) is 4. The van der Waals surface area contributed by atoms with E-state index in [0.717, 1.165) is 38.8 Å². The van der Waals surface area contributed by atoms with Crippen molar-refractivity contribution in [1.82, 2.24) is 4.90 Å². The van der Waals surface area contributed by atoms with Gasteiger partial charge in [-0.05, 0) is 25.7 Å². The second kappa shape index (κ2) is 27.6. The third kappa shape index (κ3) is 24.2. The molecular formula is C34H66N4O2. The summed E-state index contributed by atoms with van der Waals surface area (Å²) in [6, 6.07) is 0. The van der Waals surface area contributed by atoms with Crippen molar-refractivity contribution >= 4 is 17.6 Å². The van der Waals surface area contributed by atoms with Crippen LogP contribution < -0.4 is 11.5 Å². The van der Waals surface area contributed by atoms with Crippen molar-refractivity contribution in [2.75, 3.05) is 19.6 Å². The van der Waals surface area contributed by atoms with Crippen molar-refractivity contribution in [2.24, 2.45) is 16.5 Å². The number of amides is 2. The van der Waals surface area contributed by atoms with Gasteiger partial charge in [-0.2, -0.15) is 0 Å². The van der Waals surface area contributed by atoms with Crippen LogP contribution in [0.25, 0.3) is 0 Å². The molecule has 0 fully saturated rings. The Bertz CT molecular complexity index is 637. The van der Waals surface area contributed by atoms with Crippen LogP contribution in [0.15, 0.2) is 4.99 Å². The lowest BCUT2D eigenvalue weighted by Gasteiger charge is -2.20. The minimum absolute atomic E-state index is 0.159. The third-order valence-corrected chi connectivity index (χ3v) is 8.45. The molecule has 40 heavy (non-hydrogen) atoms. The standard InChI is InChI=1S/C34H66N4O2/c35-32(39)26-22-18-14-10-6-2-1-5-9-13-17-21-25-30-38-31-29-37-34(38)28-24-20-16-12-8-4-3-7-11-15-19-23-27-33(36)40/h1-31H2,(H2,35,39)(H2,36,40). The first-order valence-electron chi connectivity index (χ1n) is 17.4. The summed E-state index contributed by atoms with van der Waals surface area (Å²) in [4.78, 5) is 28.8. The Morgan fingerprint density at radius 1 is 0.500 bits per heavy atom. The number of nitrogens with zero attached hydrogens (tertiary/aromatic N) is 2. The van der Waals surface area contributed by atoms with Gasteiger partial charge in [0.2, 0.25) is 11.8 Å². The van der Waals surface area contributed by atoms with Crippen LogP contribution in [0.1, 0.15) is 180 Å². The summed E-state index contributed by atoms with van der Waals surface area (Å²) in [6.07, 6.45) is 34.9. The second-order valence-corrected chi connectivity index (χ2v) is 12.3. The molecule has 0 saturated heterocycles. The van der Waals surface area contributed by atoms with Crippen LogP contribution in [0.3, 0.4) is 0 Å². The summed E-state index contributed by atoms with van der Waals surface area (Å²) in [5.41, 5.74) is 10.4. The van der Waals surface area contributed by atoms with Gasteiger partial charge in [-0.25, -0.2) is 0 Å². The lowest BCUT2D eigenvalue weighted by atomic mass is 10.0. The summed E-state index contributed by atoms with van der Waals surface area (Å²) in [7, 11) is 0. The first-order valence-corrected chi connectivity index (χ1v) is 17.4. The summed E-state index contributed by atoms with van der Waals surface area (Å²) in [5, 5.41) is 0. The first-order chi connectivity index (χ1) is 19.6. The molecule has 0 aliphatic carbocycles. The van der Waals surface area contributed by atoms with E-state index in [9.17, 15) is 9.59 Å². The van der Waals surface area contributed by atoms with Crippen LogP contribution in [0, 0.1) is 0 Å². The van der Waals surface area contributed by atoms with Gasteiger partial charge < -0.3 is 16.4 Å². The highest BCUT2D eigenvalue weighted by atomic mass is 16.1. The lowest BCUT2D eigenvalue weighted by Crippen LogP contribution is -2.28. The van der Waals surface area contributed by atoms with Crippen LogP contribution in [0.4, 0.5) is 0 Å². The van der Waals surface area contributed by atoms with Crippen LogP contribution in [0.2, 0.25) is 0 Å². The van der Waals surface area contributed by atoms with E-state index >= 15 is 0 Å². The molecule has 0 saturated carbocycles. The maximum absolute atomic E-state index is 10.7. The Labute approximate surface area is 247 Å². The Morgan fingerprint density at radius 2 is 0.825 bits per heavy atom. The molecule has 0 spiro atoms. The zero-order chi connectivity index (χ0) is 28.9. The van der Waals surface area contributed by atoms with E-state index < -0.39 is 0 Å². The number of primary amides is 2. The number of rotatable bonds is 31. The van der Waals surface area contributed by atoms with Gasteiger partial charge in [-0.15, -0.1) is 0 Å². The highest BCUT2D eigenvalue weighted by Crippen LogP contribution is 2.16. The number of unbranched alkanes of at least 4 members (excludes halogenated alkanes) is 23. The average molecular weight is 563 g/mol. The van der Waals surface area contributed by atoms with Gasteiger partial charge in [0.15, 0.2) is 0 Å². The fourth-order valence-electron chi connectivity index (χ4n) is 5.90. The summed E-state index contributed by atoms with van der Waals surface area (Å²) in [5.74, 6) is 1.07. The molecule has 0 radical (unpaired) electrons. The minimum Gasteiger partial charge on any atom is -0.370 e. The smallest absolute Gasteiger partial charge is 0.217 e. The molecule has 0 aromatic heterocycles. The molecule has 4 N–H and O–H groups in total. The van der Waals surface area contributed by atoms with Gasteiger partial charge in [0, 0.05) is 32.4 Å². The highest BCUT2D eigenvalue weighted by molar-refractivity contribution is 5.83. The van der Waals surface area contributed by atoms with E-state index in [2.05, 4.69) is 4.90 Å². The SMILES string of the molecule is NC(=O)CCCCCCCCCCCCCCCN1CCN=C1CCCCCCCCCCCCCCC(N)=O. The van der Waals surface area contributed by atoms with Crippen molar-refractivity contribution in [1.29, 1.82) is 0 Å². The molecule has 0 bridgehead atoms. The van der Waals surface area contributed by atoms with Crippen molar-refractivity contribution < 1.29 is 9.59 Å². The van der Waals surface area contributed by atoms with Crippen LogP contribution in [0.5, 0.6) is 0 Å². The summed E-state index contributed by atoms with van der Waals surface area (Å²) in [6.45, 7) is 3.36. The number of nitrogens with two attached hydrogens (primary N) is 2. The van der Waals surface area contributed by atoms with Gasteiger partial charge in [-0.1, -0.05) is 135 Å². The predicted molar refractivity (Wildman–Crippen MR) is 172 cm³/mol. The lowest BCUT2D eigenvalue weighted by molar-refractivity contribution is -0.119. The predicted octanol–water partition coefficient (Wildman–Crippen LogP) is 8.59. The molecule has 0 unspecified atom stereocenters. The van der Waals surface area contributed by atoms with E-state index in [1.165, 1.54) is 154 Å². The van der Waals surface area contributed by atoms with Gasteiger partial charge in [-0.3, -0.25) is 14.6 Å². The van der Waals surface area contributed by atoms with Gasteiger partial charge in [0.1, 0.15) is 0 Å². The average Bonchev–Trinajstić information content (AvgIpc) is 3.37. The molecule has 0 atom stereocenters. The zero-order valence-corrected chi connectivity index (χ0v) is 26.3. The molecule has 1 rings (SSSR count). The van der Waals surface area contributed by atoms with Crippen molar-refractivity contribution in [3.05, 3.63) is 0 Å². The van der Waals surface area contributed by atoms with Crippen LogP contribution in [-0.4, -0.2) is 42.2 Å². The van der Waals surface area contributed by atoms with E-state index in [1.54, 1.807) is 0 Å². The third-order valence-electron chi connectivity index (χ3n) is 8.45. The summed E-state index contributed by atoms with van der Waals surface area (Å²) >= 11 is 0. The molecule has 1 heterocycles. The highest BCUT2D eigenvalue weighted by Gasteiger charge is 2.15. The molecule has 6 heteroatoms. The normalized spacial score (nSPS) is 13.2. The van der Waals surface area contributed by atoms with Crippen molar-refractivity contribution in [3.8, 4) is 0 Å². The largest absolute Gasteiger partial charge is 0.370 e. The van der Waals surface area contributed by atoms with Gasteiger partial charge in [0.25, 0.3) is 0 Å². The molecule has 6 nitrogen and oxygen atoms in total. The number of carbonyl (C=O) groups excluding carboxylic acids is 2. The van der Waals surface area contributed by atoms with E-state index in [4.69, 9.17) is 16.5 Å². The van der Waals surface area contributed by atoms with Crippen molar-refractivity contribution in [3.63, 3.8) is 0 Å².